The first-order valence-corrected chi connectivity index (χ1v) is 5.48. The third kappa shape index (κ3) is 4.57. The van der Waals surface area contributed by atoms with Crippen LogP contribution < -0.4 is 5.32 Å². The van der Waals surface area contributed by atoms with E-state index in [0.717, 1.165) is 5.56 Å². The van der Waals surface area contributed by atoms with Gasteiger partial charge >= 0.3 is 5.97 Å². The van der Waals surface area contributed by atoms with Crippen molar-refractivity contribution in [3.63, 3.8) is 0 Å². The lowest BCUT2D eigenvalue weighted by molar-refractivity contribution is -0.142. The molecule has 0 aliphatic carbocycles. The van der Waals surface area contributed by atoms with Crippen molar-refractivity contribution in [2.75, 3.05) is 6.61 Å². The summed E-state index contributed by atoms with van der Waals surface area (Å²) in [6.45, 7) is -0.657. The van der Waals surface area contributed by atoms with Crippen LogP contribution in [0.3, 0.4) is 0 Å². The van der Waals surface area contributed by atoms with Crippen LogP contribution in [-0.2, 0) is 9.59 Å². The minimum Gasteiger partial charge on any atom is -0.480 e. The lowest BCUT2D eigenvalue weighted by atomic mass is 10.2. The van der Waals surface area contributed by atoms with Crippen molar-refractivity contribution >= 4 is 29.6 Å². The topological polar surface area (TPSA) is 86.6 Å². The zero-order chi connectivity index (χ0) is 13.5. The van der Waals surface area contributed by atoms with Gasteiger partial charge in [-0.15, -0.1) is 0 Å². The predicted molar refractivity (Wildman–Crippen MR) is 67.1 cm³/mol. The van der Waals surface area contributed by atoms with Crippen LogP contribution in [0.1, 0.15) is 5.56 Å². The molecule has 0 unspecified atom stereocenters. The first kappa shape index (κ1) is 14.2. The van der Waals surface area contributed by atoms with E-state index < -0.39 is 24.5 Å². The van der Waals surface area contributed by atoms with Gasteiger partial charge in [0.15, 0.2) is 6.04 Å². The van der Waals surface area contributed by atoms with Gasteiger partial charge in [-0.2, -0.15) is 0 Å². The number of aliphatic hydroxyl groups excluding tert-OH is 1. The molecule has 1 rings (SSSR count). The van der Waals surface area contributed by atoms with Crippen LogP contribution in [-0.4, -0.2) is 34.7 Å². The van der Waals surface area contributed by atoms with Gasteiger partial charge in [-0.3, -0.25) is 4.79 Å². The van der Waals surface area contributed by atoms with Gasteiger partial charge in [-0.1, -0.05) is 23.7 Å². The normalized spacial score (nSPS) is 12.3. The van der Waals surface area contributed by atoms with Crippen molar-refractivity contribution in [2.24, 2.45) is 0 Å². The van der Waals surface area contributed by atoms with Crippen LogP contribution in [0.5, 0.6) is 0 Å². The molecule has 0 fully saturated rings. The number of aliphatic carboxylic acids is 1. The number of halogens is 1. The highest BCUT2D eigenvalue weighted by molar-refractivity contribution is 6.30. The fraction of sp³-hybridized carbons (Fsp3) is 0.167. The second kappa shape index (κ2) is 6.78. The summed E-state index contributed by atoms with van der Waals surface area (Å²) < 4.78 is 0. The average molecular weight is 270 g/mol. The number of benzene rings is 1. The molecule has 0 aliphatic rings. The molecule has 18 heavy (non-hydrogen) atoms. The van der Waals surface area contributed by atoms with Crippen molar-refractivity contribution in [1.29, 1.82) is 0 Å². The van der Waals surface area contributed by atoms with Crippen molar-refractivity contribution in [1.82, 2.24) is 5.32 Å². The molecule has 1 atom stereocenters. The number of hydrogen-bond acceptors (Lipinski definition) is 3. The predicted octanol–water partition coefficient (Wildman–Crippen LogP) is 0.915. The van der Waals surface area contributed by atoms with E-state index in [0.29, 0.717) is 5.02 Å². The summed E-state index contributed by atoms with van der Waals surface area (Å²) in [5.41, 5.74) is 0.755. The summed E-state index contributed by atoms with van der Waals surface area (Å²) in [5.74, 6) is -1.88. The third-order valence-corrected chi connectivity index (χ3v) is 2.35. The fourth-order valence-corrected chi connectivity index (χ4v) is 1.28. The lowest BCUT2D eigenvalue weighted by Gasteiger charge is -2.09. The molecule has 6 heteroatoms. The molecule has 5 nitrogen and oxygen atoms in total. The highest BCUT2D eigenvalue weighted by Gasteiger charge is 2.16. The molecule has 0 aromatic heterocycles. The molecule has 0 saturated heterocycles. The Morgan fingerprint density at radius 3 is 2.44 bits per heavy atom. The van der Waals surface area contributed by atoms with E-state index in [1.165, 1.54) is 12.2 Å². The quantitative estimate of drug-likeness (QED) is 0.694. The summed E-state index contributed by atoms with van der Waals surface area (Å²) >= 11 is 5.70. The highest BCUT2D eigenvalue weighted by Crippen LogP contribution is 2.10. The number of carboxylic acid groups (broad SMARTS) is 1. The molecule has 0 bridgehead atoms. The monoisotopic (exact) mass is 269 g/mol. The van der Waals surface area contributed by atoms with Gasteiger partial charge in [0.25, 0.3) is 0 Å². The van der Waals surface area contributed by atoms with Crippen molar-refractivity contribution in [3.8, 4) is 0 Å². The number of aliphatic hydroxyl groups is 1. The van der Waals surface area contributed by atoms with Gasteiger partial charge in [0.05, 0.1) is 6.61 Å². The Labute approximate surface area is 109 Å². The van der Waals surface area contributed by atoms with Gasteiger partial charge < -0.3 is 15.5 Å². The lowest BCUT2D eigenvalue weighted by Crippen LogP contribution is -2.42. The molecule has 1 amide bonds. The molecule has 0 aliphatic heterocycles. The van der Waals surface area contributed by atoms with Crippen LogP contribution in [0.25, 0.3) is 6.08 Å². The van der Waals surface area contributed by atoms with Crippen LogP contribution in [0, 0.1) is 0 Å². The molecule has 1 aromatic carbocycles. The number of carbonyl (C=O) groups is 2. The van der Waals surface area contributed by atoms with Crippen molar-refractivity contribution < 1.29 is 19.8 Å². The first-order valence-electron chi connectivity index (χ1n) is 5.10. The summed E-state index contributed by atoms with van der Waals surface area (Å²) in [6, 6.07) is 5.48. The van der Waals surface area contributed by atoms with Crippen molar-refractivity contribution in [3.05, 3.63) is 40.9 Å². The molecule has 0 radical (unpaired) electrons. The van der Waals surface area contributed by atoms with Crippen LogP contribution in [0.4, 0.5) is 0 Å². The van der Waals surface area contributed by atoms with Crippen LogP contribution >= 0.6 is 11.6 Å². The van der Waals surface area contributed by atoms with E-state index >= 15 is 0 Å². The fourth-order valence-electron chi connectivity index (χ4n) is 1.15. The Balaban J connectivity index is 2.59. The number of rotatable bonds is 5. The Kier molecular flexibility index (Phi) is 5.35. The van der Waals surface area contributed by atoms with E-state index in [4.69, 9.17) is 21.8 Å². The summed E-state index contributed by atoms with van der Waals surface area (Å²) in [7, 11) is 0. The molecular weight excluding hydrogens is 258 g/mol. The van der Waals surface area contributed by atoms with Crippen molar-refractivity contribution in [2.45, 2.75) is 6.04 Å². The molecule has 0 spiro atoms. The SMILES string of the molecule is O=C(/C=C/c1ccc(Cl)cc1)N[C@@H](CO)C(=O)O. The first-order chi connectivity index (χ1) is 8.52. The molecule has 3 N–H and O–H groups in total. The highest BCUT2D eigenvalue weighted by atomic mass is 35.5. The van der Waals surface area contributed by atoms with Crippen LogP contribution in [0.15, 0.2) is 30.3 Å². The summed E-state index contributed by atoms with van der Waals surface area (Å²) in [6.07, 6.45) is 2.71. The van der Waals surface area contributed by atoms with Gasteiger partial charge in [0.2, 0.25) is 5.91 Å². The van der Waals surface area contributed by atoms with E-state index in [9.17, 15) is 9.59 Å². The minimum atomic E-state index is -1.30. The smallest absolute Gasteiger partial charge is 0.328 e. The molecule has 96 valence electrons. The average Bonchev–Trinajstić information content (AvgIpc) is 2.35. The van der Waals surface area contributed by atoms with E-state index in [-0.39, 0.29) is 0 Å². The molecular formula is C12H12ClNO4. The Morgan fingerprint density at radius 2 is 1.94 bits per heavy atom. The van der Waals surface area contributed by atoms with Gasteiger partial charge in [-0.25, -0.2) is 4.79 Å². The summed E-state index contributed by atoms with van der Waals surface area (Å²) in [5, 5.41) is 20.1. The van der Waals surface area contributed by atoms with E-state index in [1.54, 1.807) is 24.3 Å². The zero-order valence-corrected chi connectivity index (χ0v) is 10.1. The Hall–Kier alpha value is -1.85. The Bertz CT molecular complexity index is 456. The van der Waals surface area contributed by atoms with Crippen LogP contribution in [0.2, 0.25) is 5.02 Å². The van der Waals surface area contributed by atoms with Gasteiger partial charge in [0, 0.05) is 11.1 Å². The maximum absolute atomic E-state index is 11.4. The minimum absolute atomic E-state index is 0.586. The molecule has 0 saturated carbocycles. The zero-order valence-electron chi connectivity index (χ0n) is 9.34. The third-order valence-electron chi connectivity index (χ3n) is 2.09. The number of carboxylic acids is 1. The Morgan fingerprint density at radius 1 is 1.33 bits per heavy atom. The van der Waals surface area contributed by atoms with E-state index in [2.05, 4.69) is 5.32 Å². The molecule has 0 heterocycles. The second-order valence-electron chi connectivity index (χ2n) is 3.47. The number of carbonyl (C=O) groups excluding carboxylic acids is 1. The maximum atomic E-state index is 11.4. The van der Waals surface area contributed by atoms with Gasteiger partial charge in [0.1, 0.15) is 0 Å². The molecule has 1 aromatic rings. The second-order valence-corrected chi connectivity index (χ2v) is 3.90. The van der Waals surface area contributed by atoms with E-state index in [1.807, 2.05) is 0 Å². The maximum Gasteiger partial charge on any atom is 0.328 e. The largest absolute Gasteiger partial charge is 0.480 e. The number of hydrogen-bond donors (Lipinski definition) is 3. The standard InChI is InChI=1S/C12H12ClNO4/c13-9-4-1-8(2-5-9)3-6-11(16)14-10(7-15)12(17)18/h1-6,10,15H,7H2,(H,14,16)(H,17,18)/b6-3+/t10-/m0/s1. The van der Waals surface area contributed by atoms with Gasteiger partial charge in [-0.05, 0) is 23.8 Å². The number of nitrogens with one attached hydrogen (secondary N) is 1. The summed E-state index contributed by atoms with van der Waals surface area (Å²) in [4.78, 5) is 21.9. The number of amides is 1.